The highest BCUT2D eigenvalue weighted by Crippen LogP contribution is 2.06. The molecule has 0 heterocycles. The molecule has 0 atom stereocenters. The molecule has 1 N–H and O–H groups in total. The number of hydrogen-bond acceptors (Lipinski definition) is 1. The van der Waals surface area contributed by atoms with Gasteiger partial charge in [-0.1, -0.05) is 44.9 Å². The Kier molecular flexibility index (Phi) is 7.90. The van der Waals surface area contributed by atoms with Crippen molar-refractivity contribution in [3.8, 4) is 0 Å². The van der Waals surface area contributed by atoms with Crippen molar-refractivity contribution in [1.82, 2.24) is 0 Å². The van der Waals surface area contributed by atoms with Crippen molar-refractivity contribution in [2.45, 2.75) is 46.0 Å². The highest BCUT2D eigenvalue weighted by atomic mass is 16.4. The largest absolute Gasteiger partial charge is 0.481 e. The minimum Gasteiger partial charge on any atom is -0.481 e. The van der Waals surface area contributed by atoms with Crippen molar-refractivity contribution in [3.63, 3.8) is 0 Å². The maximum atomic E-state index is 10.5. The van der Waals surface area contributed by atoms with E-state index in [-0.39, 0.29) is 6.42 Å². The molecule has 0 bridgehead atoms. The highest BCUT2D eigenvalue weighted by molar-refractivity contribution is 5.70. The molecule has 0 spiro atoms. The standard InChI is InChI=1S/C12H20O2/c1-3-5-6-7-9-11(8-4-2)10-12(13)14/h7-9H,3-6,10H2,1-2H3,(H,13,14)/b9-7?,11-8+. The van der Waals surface area contributed by atoms with Crippen molar-refractivity contribution >= 4 is 5.97 Å². The fourth-order valence-electron chi connectivity index (χ4n) is 1.19. The van der Waals surface area contributed by atoms with Crippen LogP contribution in [0.15, 0.2) is 23.8 Å². The number of aliphatic carboxylic acids is 1. The predicted molar refractivity (Wildman–Crippen MR) is 59.3 cm³/mol. The van der Waals surface area contributed by atoms with Gasteiger partial charge in [0.25, 0.3) is 0 Å². The van der Waals surface area contributed by atoms with E-state index in [1.807, 2.05) is 19.1 Å². The number of allylic oxidation sites excluding steroid dienone is 3. The Hall–Kier alpha value is -1.05. The van der Waals surface area contributed by atoms with Gasteiger partial charge in [-0.05, 0) is 18.4 Å². The molecular weight excluding hydrogens is 176 g/mol. The third-order valence-corrected chi connectivity index (χ3v) is 1.88. The van der Waals surface area contributed by atoms with Crippen molar-refractivity contribution in [2.75, 3.05) is 0 Å². The SMILES string of the molecule is CC/C=C(\C=CCCCC)CC(=O)O. The van der Waals surface area contributed by atoms with Gasteiger partial charge in [-0.15, -0.1) is 0 Å². The van der Waals surface area contributed by atoms with E-state index in [1.54, 1.807) is 0 Å². The molecule has 2 heteroatoms. The lowest BCUT2D eigenvalue weighted by atomic mass is 10.1. The summed E-state index contributed by atoms with van der Waals surface area (Å²) < 4.78 is 0. The molecule has 0 radical (unpaired) electrons. The number of carboxylic acid groups (broad SMARTS) is 1. The van der Waals surface area contributed by atoms with E-state index in [2.05, 4.69) is 13.0 Å². The van der Waals surface area contributed by atoms with E-state index in [0.717, 1.165) is 18.4 Å². The lowest BCUT2D eigenvalue weighted by Crippen LogP contribution is -1.95. The van der Waals surface area contributed by atoms with E-state index in [0.29, 0.717) is 0 Å². The zero-order chi connectivity index (χ0) is 10.8. The maximum absolute atomic E-state index is 10.5. The number of unbranched alkanes of at least 4 members (excludes halogenated alkanes) is 2. The van der Waals surface area contributed by atoms with Crippen LogP contribution in [-0.2, 0) is 4.79 Å². The van der Waals surface area contributed by atoms with Gasteiger partial charge in [0, 0.05) is 0 Å². The first kappa shape index (κ1) is 12.9. The summed E-state index contributed by atoms with van der Waals surface area (Å²) in [6.07, 6.45) is 10.4. The third kappa shape index (κ3) is 7.59. The summed E-state index contributed by atoms with van der Waals surface area (Å²) in [5, 5.41) is 8.64. The van der Waals surface area contributed by atoms with Gasteiger partial charge in [-0.25, -0.2) is 0 Å². The van der Waals surface area contributed by atoms with Gasteiger partial charge in [-0.2, -0.15) is 0 Å². The number of carboxylic acids is 1. The van der Waals surface area contributed by atoms with Crippen LogP contribution in [0, 0.1) is 0 Å². The second kappa shape index (κ2) is 8.54. The van der Waals surface area contributed by atoms with Gasteiger partial charge in [0.05, 0.1) is 6.42 Å². The van der Waals surface area contributed by atoms with Gasteiger partial charge >= 0.3 is 5.97 Å². The van der Waals surface area contributed by atoms with Gasteiger partial charge < -0.3 is 5.11 Å². The molecule has 0 fully saturated rings. The smallest absolute Gasteiger partial charge is 0.307 e. The van der Waals surface area contributed by atoms with Gasteiger partial charge in [-0.3, -0.25) is 4.79 Å². The molecular formula is C12H20O2. The Morgan fingerprint density at radius 3 is 2.57 bits per heavy atom. The molecule has 0 aliphatic heterocycles. The summed E-state index contributed by atoms with van der Waals surface area (Å²) in [7, 11) is 0. The molecule has 0 amide bonds. The molecule has 0 saturated carbocycles. The van der Waals surface area contributed by atoms with E-state index in [9.17, 15) is 4.79 Å². The Balaban J connectivity index is 4.02. The number of hydrogen-bond donors (Lipinski definition) is 1. The van der Waals surface area contributed by atoms with Crippen molar-refractivity contribution in [2.24, 2.45) is 0 Å². The van der Waals surface area contributed by atoms with E-state index < -0.39 is 5.97 Å². The summed E-state index contributed by atoms with van der Waals surface area (Å²) in [5.74, 6) is -0.759. The van der Waals surface area contributed by atoms with Crippen LogP contribution in [0.4, 0.5) is 0 Å². The first-order valence-electron chi connectivity index (χ1n) is 5.28. The molecule has 0 aliphatic rings. The van der Waals surface area contributed by atoms with Crippen LogP contribution in [-0.4, -0.2) is 11.1 Å². The van der Waals surface area contributed by atoms with Crippen LogP contribution in [0.3, 0.4) is 0 Å². The fourth-order valence-corrected chi connectivity index (χ4v) is 1.19. The van der Waals surface area contributed by atoms with Gasteiger partial charge in [0.15, 0.2) is 0 Å². The van der Waals surface area contributed by atoms with Crippen LogP contribution >= 0.6 is 0 Å². The van der Waals surface area contributed by atoms with Crippen LogP contribution < -0.4 is 0 Å². The minimum atomic E-state index is -0.759. The summed E-state index contributed by atoms with van der Waals surface area (Å²) >= 11 is 0. The molecule has 0 aromatic heterocycles. The Labute approximate surface area is 86.3 Å². The van der Waals surface area contributed by atoms with Gasteiger partial charge in [0.2, 0.25) is 0 Å². The molecule has 0 aliphatic carbocycles. The van der Waals surface area contributed by atoms with Crippen molar-refractivity contribution in [1.29, 1.82) is 0 Å². The lowest BCUT2D eigenvalue weighted by Gasteiger charge is -1.97. The molecule has 0 rings (SSSR count). The molecule has 80 valence electrons. The van der Waals surface area contributed by atoms with Crippen LogP contribution in [0.1, 0.15) is 46.0 Å². The summed E-state index contributed by atoms with van der Waals surface area (Å²) in [4.78, 5) is 10.5. The molecule has 0 unspecified atom stereocenters. The second-order valence-electron chi connectivity index (χ2n) is 3.30. The molecule has 0 aromatic rings. The van der Waals surface area contributed by atoms with E-state index in [4.69, 9.17) is 5.11 Å². The molecule has 14 heavy (non-hydrogen) atoms. The first-order valence-corrected chi connectivity index (χ1v) is 5.28. The van der Waals surface area contributed by atoms with Crippen molar-refractivity contribution < 1.29 is 9.90 Å². The Bertz CT molecular complexity index is 214. The van der Waals surface area contributed by atoms with Crippen molar-refractivity contribution in [3.05, 3.63) is 23.8 Å². The summed E-state index contributed by atoms with van der Waals surface area (Å²) in [5.41, 5.74) is 0.913. The second-order valence-corrected chi connectivity index (χ2v) is 3.30. The summed E-state index contributed by atoms with van der Waals surface area (Å²) in [6, 6.07) is 0. The zero-order valence-corrected chi connectivity index (χ0v) is 9.12. The average molecular weight is 196 g/mol. The Morgan fingerprint density at radius 2 is 2.07 bits per heavy atom. The third-order valence-electron chi connectivity index (χ3n) is 1.88. The van der Waals surface area contributed by atoms with Crippen LogP contribution in [0.2, 0.25) is 0 Å². The van der Waals surface area contributed by atoms with Crippen LogP contribution in [0.5, 0.6) is 0 Å². The first-order chi connectivity index (χ1) is 6.70. The van der Waals surface area contributed by atoms with Crippen LogP contribution in [0.25, 0.3) is 0 Å². The number of carbonyl (C=O) groups is 1. The monoisotopic (exact) mass is 196 g/mol. The lowest BCUT2D eigenvalue weighted by molar-refractivity contribution is -0.136. The quantitative estimate of drug-likeness (QED) is 0.499. The Morgan fingerprint density at radius 1 is 1.36 bits per heavy atom. The average Bonchev–Trinajstić information content (AvgIpc) is 2.12. The molecule has 0 aromatic carbocycles. The predicted octanol–water partition coefficient (Wildman–Crippen LogP) is 3.54. The number of rotatable bonds is 7. The highest BCUT2D eigenvalue weighted by Gasteiger charge is 1.98. The van der Waals surface area contributed by atoms with E-state index >= 15 is 0 Å². The topological polar surface area (TPSA) is 37.3 Å². The summed E-state index contributed by atoms with van der Waals surface area (Å²) in [6.45, 7) is 4.16. The maximum Gasteiger partial charge on any atom is 0.307 e. The van der Waals surface area contributed by atoms with E-state index in [1.165, 1.54) is 12.8 Å². The zero-order valence-electron chi connectivity index (χ0n) is 9.12. The molecule has 2 nitrogen and oxygen atoms in total. The molecule has 0 saturated heterocycles. The minimum absolute atomic E-state index is 0.135. The fraction of sp³-hybridized carbons (Fsp3) is 0.583. The van der Waals surface area contributed by atoms with Gasteiger partial charge in [0.1, 0.15) is 0 Å². The normalized spacial score (nSPS) is 12.3.